The van der Waals surface area contributed by atoms with Gasteiger partial charge in [0.05, 0.1) is 23.6 Å². The van der Waals surface area contributed by atoms with Gasteiger partial charge in [0.2, 0.25) is 0 Å². The number of ketones is 1. The van der Waals surface area contributed by atoms with Crippen LogP contribution in [-0.4, -0.2) is 45.3 Å². The van der Waals surface area contributed by atoms with Crippen molar-refractivity contribution in [2.75, 3.05) is 13.7 Å². The number of rotatable bonds is 7. The third-order valence-electron chi connectivity index (χ3n) is 6.67. The lowest BCUT2D eigenvalue weighted by Gasteiger charge is -2.25. The van der Waals surface area contributed by atoms with Crippen LogP contribution in [0.5, 0.6) is 5.75 Å². The van der Waals surface area contributed by atoms with E-state index in [1.165, 1.54) is 41.3 Å². The normalized spacial score (nSPS) is 16.8. The molecule has 1 aliphatic rings. The monoisotopic (exact) mass is 515 g/mol. The third kappa shape index (κ3) is 4.26. The number of nitro benzene ring substituents is 1. The highest BCUT2D eigenvalue weighted by molar-refractivity contribution is 6.46. The zero-order chi connectivity index (χ0) is 27.0. The van der Waals surface area contributed by atoms with Crippen LogP contribution >= 0.6 is 0 Å². The quantitative estimate of drug-likeness (QED) is 0.119. The van der Waals surface area contributed by atoms with Crippen molar-refractivity contribution in [1.82, 2.24) is 9.88 Å². The maximum Gasteiger partial charge on any atom is 0.295 e. The van der Waals surface area contributed by atoms with Gasteiger partial charge in [-0.25, -0.2) is 4.39 Å². The topological polar surface area (TPSA) is 126 Å². The number of aliphatic hydroxyl groups is 1. The molecule has 2 N–H and O–H groups in total. The molecule has 1 amide bonds. The fourth-order valence-electron chi connectivity index (χ4n) is 4.79. The van der Waals surface area contributed by atoms with Crippen LogP contribution in [0.15, 0.2) is 78.5 Å². The second kappa shape index (κ2) is 9.81. The van der Waals surface area contributed by atoms with E-state index < -0.39 is 34.2 Å². The molecule has 5 rings (SSSR count). The Morgan fingerprint density at radius 2 is 1.92 bits per heavy atom. The Kier molecular flexibility index (Phi) is 6.38. The molecule has 1 aromatic heterocycles. The number of benzene rings is 3. The maximum absolute atomic E-state index is 15.0. The Morgan fingerprint density at radius 3 is 2.66 bits per heavy atom. The zero-order valence-electron chi connectivity index (χ0n) is 20.2. The Balaban J connectivity index is 1.58. The van der Waals surface area contributed by atoms with Crippen LogP contribution in [0.3, 0.4) is 0 Å². The third-order valence-corrected chi connectivity index (χ3v) is 6.67. The lowest BCUT2D eigenvalue weighted by Crippen LogP contribution is -2.32. The number of carbonyl (C=O) groups excluding carboxylic acids is 2. The predicted molar refractivity (Wildman–Crippen MR) is 137 cm³/mol. The van der Waals surface area contributed by atoms with E-state index in [-0.39, 0.29) is 28.9 Å². The van der Waals surface area contributed by atoms with Gasteiger partial charge in [0.25, 0.3) is 17.4 Å². The number of nitrogens with one attached hydrogen (secondary N) is 1. The van der Waals surface area contributed by atoms with Crippen LogP contribution in [0.4, 0.5) is 10.1 Å². The number of ether oxygens (including phenoxy) is 1. The summed E-state index contributed by atoms with van der Waals surface area (Å²) < 4.78 is 20.3. The van der Waals surface area contributed by atoms with Gasteiger partial charge in [-0.3, -0.25) is 19.7 Å². The second-order valence-corrected chi connectivity index (χ2v) is 8.80. The number of carbonyl (C=O) groups is 2. The Labute approximate surface area is 215 Å². The van der Waals surface area contributed by atoms with Gasteiger partial charge < -0.3 is 19.7 Å². The minimum Gasteiger partial charge on any atom is -0.507 e. The van der Waals surface area contributed by atoms with E-state index in [2.05, 4.69) is 4.98 Å². The summed E-state index contributed by atoms with van der Waals surface area (Å²) in [6.45, 7) is 0.0411. The summed E-state index contributed by atoms with van der Waals surface area (Å²) in [6.07, 6.45) is 2.11. The molecule has 1 atom stereocenters. The van der Waals surface area contributed by atoms with E-state index in [1.54, 1.807) is 19.4 Å². The minimum atomic E-state index is -1.23. The van der Waals surface area contributed by atoms with Crippen LogP contribution in [-0.2, 0) is 16.0 Å². The number of H-pyrrole nitrogens is 1. The first kappa shape index (κ1) is 24.7. The first-order chi connectivity index (χ1) is 18.3. The summed E-state index contributed by atoms with van der Waals surface area (Å²) in [5.74, 6) is -2.52. The fraction of sp³-hybridized carbons (Fsp3) is 0.143. The van der Waals surface area contributed by atoms with E-state index in [0.29, 0.717) is 12.2 Å². The van der Waals surface area contributed by atoms with Crippen LogP contribution in [0.1, 0.15) is 22.7 Å². The zero-order valence-corrected chi connectivity index (χ0v) is 20.2. The van der Waals surface area contributed by atoms with Crippen LogP contribution in [0.2, 0.25) is 0 Å². The molecule has 1 unspecified atom stereocenters. The molecule has 9 nitrogen and oxygen atoms in total. The van der Waals surface area contributed by atoms with Crippen molar-refractivity contribution < 1.29 is 28.7 Å². The molecular formula is C28H22FN3O6. The van der Waals surface area contributed by atoms with Gasteiger partial charge in [-0.05, 0) is 36.2 Å². The van der Waals surface area contributed by atoms with Crippen LogP contribution in [0, 0.1) is 15.9 Å². The number of fused-ring (bicyclic) bond motifs is 1. The van der Waals surface area contributed by atoms with E-state index in [1.807, 2.05) is 18.2 Å². The van der Waals surface area contributed by atoms with Gasteiger partial charge in [-0.2, -0.15) is 0 Å². The van der Waals surface area contributed by atoms with Crippen molar-refractivity contribution in [1.29, 1.82) is 0 Å². The van der Waals surface area contributed by atoms with Crippen molar-refractivity contribution in [3.8, 4) is 5.75 Å². The molecule has 0 radical (unpaired) electrons. The second-order valence-electron chi connectivity index (χ2n) is 8.80. The Morgan fingerprint density at radius 1 is 1.13 bits per heavy atom. The lowest BCUT2D eigenvalue weighted by molar-refractivity contribution is -0.384. The average Bonchev–Trinajstić information content (AvgIpc) is 3.44. The van der Waals surface area contributed by atoms with Crippen molar-refractivity contribution >= 4 is 34.0 Å². The smallest absolute Gasteiger partial charge is 0.295 e. The average molecular weight is 515 g/mol. The number of hydrogen-bond acceptors (Lipinski definition) is 6. The maximum atomic E-state index is 15.0. The standard InChI is InChI=1S/C28H22FN3O6/c1-38-19-9-10-23-21(14-19)17(15-30-23)11-12-31-25(20-7-2-3-8-22(20)29)24(27(34)28(31)35)26(33)16-5-4-6-18(13-16)32(36)37/h2-10,13-15,25,30,33H,11-12H2,1H3/b26-24-. The molecule has 0 bridgehead atoms. The number of Topliss-reactive ketones (excluding diaryl/α,β-unsaturated/α-hetero) is 1. The van der Waals surface area contributed by atoms with E-state index in [4.69, 9.17) is 4.74 Å². The molecule has 1 aliphatic heterocycles. The highest BCUT2D eigenvalue weighted by Crippen LogP contribution is 2.41. The number of methoxy groups -OCH3 is 1. The van der Waals surface area contributed by atoms with Crippen molar-refractivity contribution in [2.24, 2.45) is 0 Å². The SMILES string of the molecule is COc1ccc2[nH]cc(CCN3C(=O)C(=O)/C(=C(\O)c4cccc([N+](=O)[O-])c4)C3c3ccccc3F)c2c1. The number of aromatic nitrogens is 1. The van der Waals surface area contributed by atoms with Crippen molar-refractivity contribution in [3.05, 3.63) is 111 Å². The first-order valence-electron chi connectivity index (χ1n) is 11.7. The van der Waals surface area contributed by atoms with Gasteiger partial charge >= 0.3 is 0 Å². The molecule has 4 aromatic rings. The van der Waals surface area contributed by atoms with Crippen LogP contribution in [0.25, 0.3) is 16.7 Å². The van der Waals surface area contributed by atoms with Gasteiger partial charge in [0.1, 0.15) is 17.3 Å². The number of non-ortho nitro benzene ring substituents is 1. The number of hydrogen-bond donors (Lipinski definition) is 2. The highest BCUT2D eigenvalue weighted by atomic mass is 19.1. The summed E-state index contributed by atoms with van der Waals surface area (Å²) >= 11 is 0. The highest BCUT2D eigenvalue weighted by Gasteiger charge is 2.46. The summed E-state index contributed by atoms with van der Waals surface area (Å²) in [4.78, 5) is 41.4. The van der Waals surface area contributed by atoms with Crippen LogP contribution < -0.4 is 4.74 Å². The number of aromatic amines is 1. The first-order valence-corrected chi connectivity index (χ1v) is 11.7. The number of halogens is 1. The van der Waals surface area contributed by atoms with Gasteiger partial charge in [0.15, 0.2) is 0 Å². The molecular weight excluding hydrogens is 493 g/mol. The van der Waals surface area contributed by atoms with Gasteiger partial charge in [0, 0.05) is 46.9 Å². The van der Waals surface area contributed by atoms with Crippen molar-refractivity contribution in [3.63, 3.8) is 0 Å². The fourth-order valence-corrected chi connectivity index (χ4v) is 4.79. The summed E-state index contributed by atoms with van der Waals surface area (Å²) in [5, 5.41) is 23.2. The predicted octanol–water partition coefficient (Wildman–Crippen LogP) is 4.89. The number of aliphatic hydroxyl groups excluding tert-OH is 1. The summed E-state index contributed by atoms with van der Waals surface area (Å²) in [6, 6.07) is 15.1. The van der Waals surface area contributed by atoms with Gasteiger partial charge in [-0.1, -0.05) is 30.3 Å². The van der Waals surface area contributed by atoms with Gasteiger partial charge in [-0.15, -0.1) is 0 Å². The minimum absolute atomic E-state index is 0.0257. The van der Waals surface area contributed by atoms with E-state index in [9.17, 15) is 24.8 Å². The molecule has 1 fully saturated rings. The molecule has 0 saturated carbocycles. The molecule has 0 spiro atoms. The summed E-state index contributed by atoms with van der Waals surface area (Å²) in [5.41, 5.74) is 1.08. The number of likely N-dealkylation sites (tertiary alicyclic amines) is 1. The molecule has 3 aromatic carbocycles. The molecule has 1 saturated heterocycles. The number of amides is 1. The van der Waals surface area contributed by atoms with E-state index in [0.717, 1.165) is 22.5 Å². The Bertz CT molecular complexity index is 1630. The lowest BCUT2D eigenvalue weighted by atomic mass is 9.94. The number of nitrogens with zero attached hydrogens (tertiary/aromatic N) is 2. The molecule has 10 heteroatoms. The summed E-state index contributed by atoms with van der Waals surface area (Å²) in [7, 11) is 1.56. The number of nitro groups is 1. The molecule has 192 valence electrons. The van der Waals surface area contributed by atoms with E-state index >= 15 is 4.39 Å². The molecule has 38 heavy (non-hydrogen) atoms. The molecule has 0 aliphatic carbocycles. The van der Waals surface area contributed by atoms with Crippen molar-refractivity contribution in [2.45, 2.75) is 12.5 Å². The largest absolute Gasteiger partial charge is 0.507 e. The molecule has 2 heterocycles. The Hall–Kier alpha value is -4.99.